The minimum atomic E-state index is -0.297. The fourth-order valence-electron chi connectivity index (χ4n) is 2.64. The lowest BCUT2D eigenvalue weighted by Gasteiger charge is -2.51. The van der Waals surface area contributed by atoms with E-state index in [0.717, 1.165) is 6.42 Å². The van der Waals surface area contributed by atoms with Gasteiger partial charge in [-0.2, -0.15) is 0 Å². The van der Waals surface area contributed by atoms with Crippen LogP contribution in [0, 0.1) is 5.41 Å². The molecule has 1 aliphatic carbocycles. The fourth-order valence-corrected chi connectivity index (χ4v) is 2.64. The lowest BCUT2D eigenvalue weighted by Crippen LogP contribution is -2.61. The van der Waals surface area contributed by atoms with Gasteiger partial charge in [-0.15, -0.1) is 0 Å². The Morgan fingerprint density at radius 1 is 1.40 bits per heavy atom. The maximum atomic E-state index is 12.3. The van der Waals surface area contributed by atoms with E-state index in [-0.39, 0.29) is 34.8 Å². The first-order chi connectivity index (χ1) is 9.41. The van der Waals surface area contributed by atoms with Crippen molar-refractivity contribution in [2.24, 2.45) is 5.41 Å². The van der Waals surface area contributed by atoms with Crippen molar-refractivity contribution >= 4 is 5.91 Å². The third-order valence-electron chi connectivity index (χ3n) is 4.23. The zero-order valence-electron chi connectivity index (χ0n) is 12.3. The summed E-state index contributed by atoms with van der Waals surface area (Å²) < 4.78 is 10.4. The molecule has 1 aliphatic rings. The molecule has 2 unspecified atom stereocenters. The molecule has 0 bridgehead atoms. The van der Waals surface area contributed by atoms with Gasteiger partial charge in [-0.1, -0.05) is 19.9 Å². The van der Waals surface area contributed by atoms with E-state index in [4.69, 9.17) is 9.47 Å². The summed E-state index contributed by atoms with van der Waals surface area (Å²) in [4.78, 5) is 12.3. The maximum absolute atomic E-state index is 12.3. The summed E-state index contributed by atoms with van der Waals surface area (Å²) in [6, 6.07) is 4.90. The van der Waals surface area contributed by atoms with E-state index in [1.807, 2.05) is 0 Å². The third kappa shape index (κ3) is 2.33. The van der Waals surface area contributed by atoms with Gasteiger partial charge in [0.05, 0.1) is 18.8 Å². The van der Waals surface area contributed by atoms with Gasteiger partial charge in [0.2, 0.25) is 0 Å². The second kappa shape index (κ2) is 5.32. The molecule has 0 aliphatic heterocycles. The fraction of sp³-hybridized carbons (Fsp3) is 0.533. The van der Waals surface area contributed by atoms with Gasteiger partial charge in [0.1, 0.15) is 0 Å². The van der Waals surface area contributed by atoms with E-state index in [1.165, 1.54) is 7.11 Å². The molecule has 1 amide bonds. The van der Waals surface area contributed by atoms with Crippen LogP contribution >= 0.6 is 0 Å². The Hall–Kier alpha value is -1.75. The lowest BCUT2D eigenvalue weighted by atomic mass is 9.64. The Labute approximate surface area is 118 Å². The molecule has 0 aromatic heterocycles. The number of carbonyl (C=O) groups excluding carboxylic acids is 1. The number of benzene rings is 1. The van der Waals surface area contributed by atoms with E-state index < -0.39 is 0 Å². The highest BCUT2D eigenvalue weighted by Crippen LogP contribution is 2.42. The van der Waals surface area contributed by atoms with Gasteiger partial charge in [0.25, 0.3) is 5.91 Å². The SMILES string of the molecule is COc1cccc(C(=O)NC2CC(OC)C2(C)C)c1O. The lowest BCUT2D eigenvalue weighted by molar-refractivity contribution is -0.0942. The molecule has 0 radical (unpaired) electrons. The highest BCUT2D eigenvalue weighted by Gasteiger charge is 2.49. The number of phenolic OH excluding ortho intramolecular Hbond substituents is 1. The number of ether oxygens (including phenoxy) is 2. The molecular weight excluding hydrogens is 258 g/mol. The summed E-state index contributed by atoms with van der Waals surface area (Å²) in [5.41, 5.74) is 0.111. The van der Waals surface area contributed by atoms with Crippen molar-refractivity contribution in [1.82, 2.24) is 5.32 Å². The molecule has 20 heavy (non-hydrogen) atoms. The Morgan fingerprint density at radius 3 is 2.65 bits per heavy atom. The molecule has 1 aromatic carbocycles. The quantitative estimate of drug-likeness (QED) is 0.884. The Morgan fingerprint density at radius 2 is 2.10 bits per heavy atom. The zero-order valence-corrected chi connectivity index (χ0v) is 12.3. The Kier molecular flexibility index (Phi) is 3.90. The number of hydrogen-bond acceptors (Lipinski definition) is 4. The smallest absolute Gasteiger partial charge is 0.255 e. The van der Waals surface area contributed by atoms with Crippen LogP contribution in [-0.2, 0) is 4.74 Å². The Bertz CT molecular complexity index is 513. The van der Waals surface area contributed by atoms with Gasteiger partial charge >= 0.3 is 0 Å². The molecule has 110 valence electrons. The van der Waals surface area contributed by atoms with E-state index >= 15 is 0 Å². The molecule has 2 atom stereocenters. The normalized spacial score (nSPS) is 23.8. The first kappa shape index (κ1) is 14.7. The Balaban J connectivity index is 2.11. The molecule has 0 saturated heterocycles. The monoisotopic (exact) mass is 279 g/mol. The van der Waals surface area contributed by atoms with Crippen LogP contribution in [0.4, 0.5) is 0 Å². The van der Waals surface area contributed by atoms with Crippen LogP contribution in [0.3, 0.4) is 0 Å². The average Bonchev–Trinajstić information content (AvgIpc) is 2.42. The highest BCUT2D eigenvalue weighted by atomic mass is 16.5. The summed E-state index contributed by atoms with van der Waals surface area (Å²) in [7, 11) is 3.13. The van der Waals surface area contributed by atoms with E-state index in [0.29, 0.717) is 5.75 Å². The second-order valence-electron chi connectivity index (χ2n) is 5.66. The van der Waals surface area contributed by atoms with Gasteiger partial charge in [0.15, 0.2) is 11.5 Å². The number of amides is 1. The number of para-hydroxylation sites is 1. The molecule has 1 saturated carbocycles. The van der Waals surface area contributed by atoms with Gasteiger partial charge in [-0.25, -0.2) is 0 Å². The predicted molar refractivity (Wildman–Crippen MR) is 75.1 cm³/mol. The van der Waals surface area contributed by atoms with E-state index in [9.17, 15) is 9.90 Å². The first-order valence-corrected chi connectivity index (χ1v) is 6.61. The first-order valence-electron chi connectivity index (χ1n) is 6.61. The summed E-state index contributed by atoms with van der Waals surface area (Å²) in [6.07, 6.45) is 0.923. The second-order valence-corrected chi connectivity index (χ2v) is 5.66. The number of aromatic hydroxyl groups is 1. The highest BCUT2D eigenvalue weighted by molar-refractivity contribution is 5.97. The molecule has 0 spiro atoms. The van der Waals surface area contributed by atoms with Crippen molar-refractivity contribution in [2.75, 3.05) is 14.2 Å². The number of rotatable bonds is 4. The number of methoxy groups -OCH3 is 2. The summed E-state index contributed by atoms with van der Waals surface area (Å²) in [5.74, 6) is -0.137. The molecule has 5 nitrogen and oxygen atoms in total. The van der Waals surface area contributed by atoms with Crippen LogP contribution in [0.15, 0.2) is 18.2 Å². The standard InChI is InChI=1S/C15H21NO4/c1-15(2)11(8-12(15)20-4)16-14(18)9-6-5-7-10(19-3)13(9)17/h5-7,11-12,17H,8H2,1-4H3,(H,16,18). The molecule has 1 fully saturated rings. The number of hydrogen-bond donors (Lipinski definition) is 2. The topological polar surface area (TPSA) is 67.8 Å². The molecule has 2 N–H and O–H groups in total. The van der Waals surface area contributed by atoms with Crippen molar-refractivity contribution in [3.63, 3.8) is 0 Å². The maximum Gasteiger partial charge on any atom is 0.255 e. The van der Waals surface area contributed by atoms with Gasteiger partial charge in [-0.3, -0.25) is 4.79 Å². The molecular formula is C15H21NO4. The van der Waals surface area contributed by atoms with Crippen LogP contribution in [0.1, 0.15) is 30.6 Å². The van der Waals surface area contributed by atoms with Gasteiger partial charge in [-0.05, 0) is 18.6 Å². The van der Waals surface area contributed by atoms with Crippen LogP contribution < -0.4 is 10.1 Å². The predicted octanol–water partition coefficient (Wildman–Crippen LogP) is 1.94. The third-order valence-corrected chi connectivity index (χ3v) is 4.23. The summed E-state index contributed by atoms with van der Waals surface area (Å²) in [6.45, 7) is 4.11. The van der Waals surface area contributed by atoms with Crippen molar-refractivity contribution < 1.29 is 19.4 Å². The molecule has 0 heterocycles. The van der Waals surface area contributed by atoms with E-state index in [1.54, 1.807) is 25.3 Å². The van der Waals surface area contributed by atoms with Crippen LogP contribution in [0.5, 0.6) is 11.5 Å². The average molecular weight is 279 g/mol. The molecule has 2 rings (SSSR count). The van der Waals surface area contributed by atoms with Crippen LogP contribution in [-0.4, -0.2) is 37.4 Å². The number of nitrogens with one attached hydrogen (secondary N) is 1. The number of phenols is 1. The van der Waals surface area contributed by atoms with Gasteiger partial charge < -0.3 is 19.9 Å². The van der Waals surface area contributed by atoms with Crippen molar-refractivity contribution in [3.8, 4) is 11.5 Å². The summed E-state index contributed by atoms with van der Waals surface area (Å²) in [5, 5.41) is 12.9. The van der Waals surface area contributed by atoms with Crippen LogP contribution in [0.25, 0.3) is 0 Å². The summed E-state index contributed by atoms with van der Waals surface area (Å²) >= 11 is 0. The van der Waals surface area contributed by atoms with Crippen molar-refractivity contribution in [2.45, 2.75) is 32.4 Å². The van der Waals surface area contributed by atoms with E-state index in [2.05, 4.69) is 19.2 Å². The van der Waals surface area contributed by atoms with Gasteiger partial charge in [0, 0.05) is 18.6 Å². The van der Waals surface area contributed by atoms with Crippen molar-refractivity contribution in [3.05, 3.63) is 23.8 Å². The molecule has 5 heteroatoms. The van der Waals surface area contributed by atoms with Crippen LogP contribution in [0.2, 0.25) is 0 Å². The minimum absolute atomic E-state index is 0.0329. The number of carbonyl (C=O) groups is 1. The zero-order chi connectivity index (χ0) is 14.9. The minimum Gasteiger partial charge on any atom is -0.504 e. The van der Waals surface area contributed by atoms with Crippen molar-refractivity contribution in [1.29, 1.82) is 0 Å². The largest absolute Gasteiger partial charge is 0.504 e. The molecule has 1 aromatic rings.